The van der Waals surface area contributed by atoms with Crippen LogP contribution in [-0.2, 0) is 16.0 Å². The van der Waals surface area contributed by atoms with E-state index >= 15 is 0 Å². The van der Waals surface area contributed by atoms with Gasteiger partial charge in [0.25, 0.3) is 17.7 Å². The fraction of sp³-hybridized carbons (Fsp3) is 0.394. The van der Waals surface area contributed by atoms with E-state index in [0.29, 0.717) is 6.42 Å². The van der Waals surface area contributed by atoms with Gasteiger partial charge >= 0.3 is 0 Å². The van der Waals surface area contributed by atoms with E-state index in [9.17, 15) is 24.0 Å². The molecule has 0 radical (unpaired) electrons. The van der Waals surface area contributed by atoms with Crippen molar-refractivity contribution in [2.45, 2.75) is 70.2 Å². The summed E-state index contributed by atoms with van der Waals surface area (Å²) < 4.78 is 11.4. The van der Waals surface area contributed by atoms with Crippen LogP contribution in [0.3, 0.4) is 0 Å². The Morgan fingerprint density at radius 3 is 2.41 bits per heavy atom. The summed E-state index contributed by atoms with van der Waals surface area (Å²) in [4.78, 5) is 77.7. The Labute approximate surface area is 280 Å². The number of nitrogens with zero attached hydrogens (tertiary/aromatic N) is 4. The van der Waals surface area contributed by atoms with Crippen LogP contribution in [0.15, 0.2) is 64.0 Å². The molecule has 3 aromatic heterocycles. The van der Waals surface area contributed by atoms with Gasteiger partial charge in [0.1, 0.15) is 42.4 Å². The van der Waals surface area contributed by atoms with Gasteiger partial charge in [0.2, 0.25) is 23.6 Å². The van der Waals surface area contributed by atoms with Crippen molar-refractivity contribution in [3.63, 3.8) is 0 Å². The first-order valence-corrected chi connectivity index (χ1v) is 16.0. The number of carbonyl (C=O) groups excluding carboxylic acids is 5. The highest BCUT2D eigenvalue weighted by Crippen LogP contribution is 2.25. The molecule has 0 unspecified atom stereocenters. The molecule has 1 aromatic carbocycles. The zero-order chi connectivity index (χ0) is 34.7. The number of aromatic nitrogens is 4. The van der Waals surface area contributed by atoms with Crippen molar-refractivity contribution in [3.8, 4) is 0 Å². The van der Waals surface area contributed by atoms with Crippen LogP contribution in [0.25, 0.3) is 0 Å². The summed E-state index contributed by atoms with van der Waals surface area (Å²) in [6, 6.07) is 6.64. The number of hydrogen-bond donors (Lipinski definition) is 5. The molecule has 4 aromatic rings. The standard InChI is InChI=1S/C33H37N9O7/c1-17(2)11-22-28(44)35-18(3)31-40-25(16-48-31)33(47)42-14-20(36-27(43)21-9-10-34-41-21)13-26(42)30(46)38-23(12-19-7-5-4-6-8-19)32-39-24(15-49-32)29(45)37-22/h4-10,15-18,20,22-23,26H,11-14H2,1-3H3,(H,34,41)(H,35,44)(H,36,43)(H,37,45)(H,38,46)/t18-,20+,22-,23+,26+/m1/s1. The zero-order valence-electron chi connectivity index (χ0n) is 27.1. The Morgan fingerprint density at radius 2 is 1.67 bits per heavy atom. The summed E-state index contributed by atoms with van der Waals surface area (Å²) in [7, 11) is 0. The van der Waals surface area contributed by atoms with Crippen LogP contribution in [0.5, 0.6) is 0 Å². The second kappa shape index (κ2) is 14.1. The highest BCUT2D eigenvalue weighted by Gasteiger charge is 2.43. The van der Waals surface area contributed by atoms with E-state index in [1.54, 1.807) is 6.92 Å². The fourth-order valence-electron chi connectivity index (χ4n) is 5.97. The molecule has 0 spiro atoms. The zero-order valence-corrected chi connectivity index (χ0v) is 27.1. The predicted octanol–water partition coefficient (Wildman–Crippen LogP) is 1.83. The third-order valence-corrected chi connectivity index (χ3v) is 8.40. The number of fused-ring (bicyclic) bond motifs is 5. The van der Waals surface area contributed by atoms with Gasteiger partial charge in [-0.1, -0.05) is 44.2 Å². The summed E-state index contributed by atoms with van der Waals surface area (Å²) >= 11 is 0. The maximum Gasteiger partial charge on any atom is 0.276 e. The number of aromatic amines is 1. The van der Waals surface area contributed by atoms with Crippen molar-refractivity contribution in [3.05, 3.63) is 89.5 Å². The Morgan fingerprint density at radius 1 is 0.939 bits per heavy atom. The topological polar surface area (TPSA) is 217 Å². The molecular formula is C33H37N9O7. The van der Waals surface area contributed by atoms with E-state index in [1.165, 1.54) is 29.7 Å². The highest BCUT2D eigenvalue weighted by atomic mass is 16.3. The number of carbonyl (C=O) groups is 5. The highest BCUT2D eigenvalue weighted by molar-refractivity contribution is 5.98. The average molecular weight is 672 g/mol. The molecule has 5 N–H and O–H groups in total. The molecule has 0 saturated carbocycles. The van der Waals surface area contributed by atoms with Gasteiger partial charge < -0.3 is 35.0 Å². The van der Waals surface area contributed by atoms with Crippen LogP contribution < -0.4 is 21.3 Å². The summed E-state index contributed by atoms with van der Waals surface area (Å²) in [6.07, 6.45) is 4.44. The van der Waals surface area contributed by atoms with Gasteiger partial charge in [-0.25, -0.2) is 9.97 Å². The Balaban J connectivity index is 1.36. The monoisotopic (exact) mass is 671 g/mol. The van der Waals surface area contributed by atoms with Crippen molar-refractivity contribution in [1.29, 1.82) is 0 Å². The second-order valence-corrected chi connectivity index (χ2v) is 12.6. The minimum absolute atomic E-state index is 0.00512. The van der Waals surface area contributed by atoms with Gasteiger partial charge in [-0.05, 0) is 37.3 Å². The predicted molar refractivity (Wildman–Crippen MR) is 171 cm³/mol. The quantitative estimate of drug-likeness (QED) is 0.200. The molecule has 4 bridgehead atoms. The molecule has 2 aliphatic heterocycles. The van der Waals surface area contributed by atoms with E-state index in [4.69, 9.17) is 8.83 Å². The van der Waals surface area contributed by atoms with E-state index in [-0.39, 0.29) is 54.2 Å². The number of hydrogen-bond acceptors (Lipinski definition) is 10. The maximum atomic E-state index is 14.1. The van der Waals surface area contributed by atoms with Gasteiger partial charge in [-0.15, -0.1) is 0 Å². The third kappa shape index (κ3) is 7.52. The average Bonchev–Trinajstić information content (AvgIpc) is 3.90. The lowest BCUT2D eigenvalue weighted by atomic mass is 10.0. The van der Waals surface area contributed by atoms with E-state index in [2.05, 4.69) is 41.4 Å². The molecule has 5 atom stereocenters. The fourth-order valence-corrected chi connectivity index (χ4v) is 5.97. The van der Waals surface area contributed by atoms with Crippen molar-refractivity contribution >= 4 is 29.5 Å². The number of nitrogens with one attached hydrogen (secondary N) is 5. The van der Waals surface area contributed by atoms with Crippen molar-refractivity contribution < 1.29 is 32.8 Å². The number of amides is 5. The molecule has 2 aliphatic rings. The first kappa shape index (κ1) is 33.1. The van der Waals surface area contributed by atoms with Crippen molar-refractivity contribution in [1.82, 2.24) is 46.3 Å². The molecule has 16 nitrogen and oxygen atoms in total. The largest absolute Gasteiger partial charge is 0.446 e. The van der Waals surface area contributed by atoms with Crippen LogP contribution in [0.4, 0.5) is 0 Å². The number of rotatable bonds is 6. The SMILES string of the molecule is CC(C)C[C@H]1NC(=O)c2coc(n2)[C@H](Cc2ccccc2)NC(=O)[C@@H]2C[C@H](NC(=O)c3ccn[nH]3)CN2C(=O)c2coc(n2)[C@@H](C)NC1=O. The summed E-state index contributed by atoms with van der Waals surface area (Å²) in [5.41, 5.74) is 0.916. The molecule has 1 saturated heterocycles. The van der Waals surface area contributed by atoms with Crippen LogP contribution >= 0.6 is 0 Å². The molecule has 0 aliphatic carbocycles. The van der Waals surface area contributed by atoms with Crippen molar-refractivity contribution in [2.24, 2.45) is 5.92 Å². The number of H-pyrrole nitrogens is 1. The van der Waals surface area contributed by atoms with Gasteiger partial charge in [0, 0.05) is 25.2 Å². The first-order valence-electron chi connectivity index (χ1n) is 16.0. The van der Waals surface area contributed by atoms with Gasteiger partial charge in [0.15, 0.2) is 11.4 Å². The molecular weight excluding hydrogens is 634 g/mol. The molecule has 16 heteroatoms. The summed E-state index contributed by atoms with van der Waals surface area (Å²) in [6.45, 7) is 5.47. The first-order chi connectivity index (χ1) is 23.5. The molecule has 49 heavy (non-hydrogen) atoms. The summed E-state index contributed by atoms with van der Waals surface area (Å²) in [5, 5.41) is 17.8. The molecule has 5 heterocycles. The van der Waals surface area contributed by atoms with E-state index in [0.717, 1.165) is 5.56 Å². The van der Waals surface area contributed by atoms with Crippen molar-refractivity contribution in [2.75, 3.05) is 6.54 Å². The lowest BCUT2D eigenvalue weighted by Crippen LogP contribution is -2.48. The van der Waals surface area contributed by atoms with Gasteiger partial charge in [-0.2, -0.15) is 5.10 Å². The van der Waals surface area contributed by atoms with Gasteiger partial charge in [0.05, 0.1) is 0 Å². The number of benzene rings is 1. The smallest absolute Gasteiger partial charge is 0.276 e. The Bertz CT molecular complexity index is 1820. The second-order valence-electron chi connectivity index (χ2n) is 12.6. The molecule has 6 rings (SSSR count). The Kier molecular flexibility index (Phi) is 9.55. The normalized spacial score (nSPS) is 23.3. The molecule has 5 amide bonds. The van der Waals surface area contributed by atoms with Crippen LogP contribution in [0.1, 0.15) is 94.5 Å². The minimum atomic E-state index is -1.04. The van der Waals surface area contributed by atoms with Crippen LogP contribution in [0, 0.1) is 5.92 Å². The van der Waals surface area contributed by atoms with E-state index in [1.807, 2.05) is 44.2 Å². The van der Waals surface area contributed by atoms with Crippen LogP contribution in [0.2, 0.25) is 0 Å². The third-order valence-electron chi connectivity index (χ3n) is 8.40. The van der Waals surface area contributed by atoms with Crippen LogP contribution in [-0.4, -0.2) is 79.3 Å². The lowest BCUT2D eigenvalue weighted by Gasteiger charge is -2.25. The molecule has 1 fully saturated rings. The van der Waals surface area contributed by atoms with E-state index < -0.39 is 59.7 Å². The minimum Gasteiger partial charge on any atom is -0.446 e. The number of oxazole rings is 2. The molecule has 256 valence electrons. The lowest BCUT2D eigenvalue weighted by molar-refractivity contribution is -0.126. The maximum absolute atomic E-state index is 14.1. The Hall–Kier alpha value is -5.80. The summed E-state index contributed by atoms with van der Waals surface area (Å²) in [5.74, 6) is -2.52. The van der Waals surface area contributed by atoms with Gasteiger partial charge in [-0.3, -0.25) is 29.1 Å².